The zero-order valence-electron chi connectivity index (χ0n) is 17.1. The zero-order valence-corrected chi connectivity index (χ0v) is 17.9. The fourth-order valence-corrected chi connectivity index (χ4v) is 4.55. The van der Waals surface area contributed by atoms with E-state index in [-0.39, 0.29) is 11.5 Å². The minimum Gasteiger partial charge on any atom is -0.322 e. The third kappa shape index (κ3) is 4.08. The Bertz CT molecular complexity index is 1440. The van der Waals surface area contributed by atoms with Crippen molar-refractivity contribution in [3.05, 3.63) is 119 Å². The highest BCUT2D eigenvalue weighted by atomic mass is 32.1. The number of aromatic nitrogens is 2. The van der Waals surface area contributed by atoms with Crippen LogP contribution >= 0.6 is 11.3 Å². The summed E-state index contributed by atoms with van der Waals surface area (Å²) in [6.45, 7) is 0.390. The Hall–Kier alpha value is -4.03. The van der Waals surface area contributed by atoms with Crippen LogP contribution in [0.15, 0.2) is 102 Å². The van der Waals surface area contributed by atoms with Gasteiger partial charge in [-0.2, -0.15) is 0 Å². The van der Waals surface area contributed by atoms with Crippen LogP contribution in [-0.2, 0) is 6.54 Å². The van der Waals surface area contributed by atoms with Crippen molar-refractivity contribution in [1.29, 1.82) is 0 Å². The maximum absolute atomic E-state index is 13.0. The summed E-state index contributed by atoms with van der Waals surface area (Å²) in [6, 6.07) is 28.5. The van der Waals surface area contributed by atoms with Gasteiger partial charge in [0.2, 0.25) is 0 Å². The first-order valence-electron chi connectivity index (χ1n) is 10.2. The lowest BCUT2D eigenvalue weighted by Crippen LogP contribution is -2.20. The van der Waals surface area contributed by atoms with Gasteiger partial charge in [-0.05, 0) is 41.5 Å². The van der Waals surface area contributed by atoms with E-state index in [2.05, 4.69) is 10.3 Å². The molecule has 2 aromatic heterocycles. The first-order valence-corrected chi connectivity index (χ1v) is 11.0. The molecule has 2 heterocycles. The van der Waals surface area contributed by atoms with Gasteiger partial charge in [0.05, 0.1) is 18.4 Å². The van der Waals surface area contributed by atoms with Crippen LogP contribution in [0.25, 0.3) is 20.7 Å². The largest absolute Gasteiger partial charge is 0.322 e. The fourth-order valence-electron chi connectivity index (χ4n) is 3.49. The Morgan fingerprint density at radius 3 is 2.31 bits per heavy atom. The van der Waals surface area contributed by atoms with Crippen molar-refractivity contribution in [1.82, 2.24) is 9.55 Å². The number of hydrogen-bond acceptors (Lipinski definition) is 4. The van der Waals surface area contributed by atoms with Crippen molar-refractivity contribution < 1.29 is 4.79 Å². The van der Waals surface area contributed by atoms with Crippen molar-refractivity contribution in [2.45, 2.75) is 6.54 Å². The molecule has 6 heteroatoms. The van der Waals surface area contributed by atoms with Gasteiger partial charge in [-0.15, -0.1) is 11.3 Å². The van der Waals surface area contributed by atoms with E-state index >= 15 is 0 Å². The maximum atomic E-state index is 13.0. The van der Waals surface area contributed by atoms with Gasteiger partial charge in [-0.1, -0.05) is 60.7 Å². The van der Waals surface area contributed by atoms with Gasteiger partial charge in [-0.3, -0.25) is 14.2 Å². The highest BCUT2D eigenvalue weighted by molar-refractivity contribution is 7.22. The molecule has 32 heavy (non-hydrogen) atoms. The summed E-state index contributed by atoms with van der Waals surface area (Å²) >= 11 is 1.46. The van der Waals surface area contributed by atoms with E-state index in [4.69, 9.17) is 0 Å². The second-order valence-corrected chi connectivity index (χ2v) is 8.44. The number of fused-ring (bicyclic) bond motifs is 1. The van der Waals surface area contributed by atoms with Crippen LogP contribution in [0, 0.1) is 0 Å². The molecule has 0 aliphatic rings. The van der Waals surface area contributed by atoms with Crippen molar-refractivity contribution in [2.24, 2.45) is 0 Å². The predicted octanol–water partition coefficient (Wildman–Crippen LogP) is 5.43. The number of carbonyl (C=O) groups excluding carboxylic acids is 1. The van der Waals surface area contributed by atoms with Gasteiger partial charge < -0.3 is 5.32 Å². The Balaban J connectivity index is 1.35. The highest BCUT2D eigenvalue weighted by Crippen LogP contribution is 2.30. The van der Waals surface area contributed by atoms with E-state index in [1.165, 1.54) is 11.3 Å². The van der Waals surface area contributed by atoms with Crippen LogP contribution in [0.2, 0.25) is 0 Å². The average molecular weight is 438 g/mol. The fraction of sp³-hybridized carbons (Fsp3) is 0.0385. The number of nitrogens with zero attached hydrogens (tertiary/aromatic N) is 2. The number of anilines is 1. The lowest BCUT2D eigenvalue weighted by molar-refractivity contribution is 0.102. The van der Waals surface area contributed by atoms with Gasteiger partial charge in [0.15, 0.2) is 0 Å². The summed E-state index contributed by atoms with van der Waals surface area (Å²) in [6.07, 6.45) is 1.59. The molecule has 1 amide bonds. The summed E-state index contributed by atoms with van der Waals surface area (Å²) < 4.78 is 2.25. The molecule has 5 aromatic rings. The zero-order chi connectivity index (χ0) is 21.9. The molecule has 0 bridgehead atoms. The van der Waals surface area contributed by atoms with Gasteiger partial charge in [-0.25, -0.2) is 4.98 Å². The monoisotopic (exact) mass is 437 g/mol. The maximum Gasteiger partial charge on any atom is 0.271 e. The molecule has 156 valence electrons. The Labute approximate surface area is 188 Å². The molecule has 0 atom stereocenters. The van der Waals surface area contributed by atoms with Crippen LogP contribution in [-0.4, -0.2) is 15.5 Å². The smallest absolute Gasteiger partial charge is 0.271 e. The number of benzene rings is 3. The lowest BCUT2D eigenvalue weighted by atomic mass is 10.1. The Kier molecular flexibility index (Phi) is 5.35. The van der Waals surface area contributed by atoms with E-state index in [0.29, 0.717) is 22.3 Å². The second kappa shape index (κ2) is 8.61. The van der Waals surface area contributed by atoms with E-state index < -0.39 is 0 Å². The number of thiophene rings is 1. The first-order chi connectivity index (χ1) is 15.7. The SMILES string of the molecule is O=C(Nc1ccccc1)c1ccc(Cn2cnc3cc(-c4ccccc4)sc3c2=O)cc1. The van der Waals surface area contributed by atoms with Crippen LogP contribution < -0.4 is 10.9 Å². The third-order valence-corrected chi connectivity index (χ3v) is 6.32. The number of para-hydroxylation sites is 1. The van der Waals surface area contributed by atoms with E-state index in [0.717, 1.165) is 21.7 Å². The second-order valence-electron chi connectivity index (χ2n) is 7.39. The van der Waals surface area contributed by atoms with Crippen molar-refractivity contribution in [3.8, 4) is 10.4 Å². The number of amides is 1. The molecule has 0 fully saturated rings. The molecule has 5 nitrogen and oxygen atoms in total. The molecule has 0 unspecified atom stereocenters. The normalized spacial score (nSPS) is 10.9. The highest BCUT2D eigenvalue weighted by Gasteiger charge is 2.11. The number of carbonyl (C=O) groups is 1. The standard InChI is InChI=1S/C26H19N3O2S/c30-25(28-21-9-5-2-6-10-21)20-13-11-18(12-14-20)16-29-17-27-22-15-23(32-24(22)26(29)31)19-7-3-1-4-8-19/h1-15,17H,16H2,(H,28,30). The van der Waals surface area contributed by atoms with Crippen molar-refractivity contribution in [2.75, 3.05) is 5.32 Å². The van der Waals surface area contributed by atoms with Crippen LogP contribution in [0.5, 0.6) is 0 Å². The summed E-state index contributed by atoms with van der Waals surface area (Å²) in [5.74, 6) is -0.171. The molecule has 0 saturated carbocycles. The van der Waals surface area contributed by atoms with Gasteiger partial charge in [0.25, 0.3) is 11.5 Å². The molecule has 1 N–H and O–H groups in total. The van der Waals surface area contributed by atoms with E-state index in [1.54, 1.807) is 23.0 Å². The number of hydrogen-bond donors (Lipinski definition) is 1. The summed E-state index contributed by atoms with van der Waals surface area (Å²) in [7, 11) is 0. The first kappa shape index (κ1) is 19.9. The van der Waals surface area contributed by atoms with E-state index in [9.17, 15) is 9.59 Å². The molecule has 3 aromatic carbocycles. The van der Waals surface area contributed by atoms with E-state index in [1.807, 2.05) is 78.9 Å². The molecular formula is C26H19N3O2S. The summed E-state index contributed by atoms with van der Waals surface area (Å²) in [4.78, 5) is 31.0. The molecule has 0 aliphatic carbocycles. The molecule has 5 rings (SSSR count). The minimum absolute atomic E-state index is 0.0620. The van der Waals surface area contributed by atoms with Crippen LogP contribution in [0.1, 0.15) is 15.9 Å². The van der Waals surface area contributed by atoms with Crippen molar-refractivity contribution >= 4 is 33.1 Å². The van der Waals surface area contributed by atoms with Gasteiger partial charge in [0.1, 0.15) is 4.70 Å². The quantitative estimate of drug-likeness (QED) is 0.399. The molecule has 0 spiro atoms. The Morgan fingerprint density at radius 1 is 0.906 bits per heavy atom. The van der Waals surface area contributed by atoms with Gasteiger partial charge in [0, 0.05) is 16.1 Å². The molecular weight excluding hydrogens is 418 g/mol. The molecule has 0 saturated heterocycles. The lowest BCUT2D eigenvalue weighted by Gasteiger charge is -2.08. The molecule has 0 aliphatic heterocycles. The topological polar surface area (TPSA) is 64.0 Å². The number of nitrogens with one attached hydrogen (secondary N) is 1. The number of rotatable bonds is 5. The van der Waals surface area contributed by atoms with Crippen LogP contribution in [0.4, 0.5) is 5.69 Å². The molecule has 0 radical (unpaired) electrons. The van der Waals surface area contributed by atoms with Crippen molar-refractivity contribution in [3.63, 3.8) is 0 Å². The average Bonchev–Trinajstić information content (AvgIpc) is 3.28. The minimum atomic E-state index is -0.171. The third-order valence-electron chi connectivity index (χ3n) is 5.16. The van der Waals surface area contributed by atoms with Gasteiger partial charge >= 0.3 is 0 Å². The van der Waals surface area contributed by atoms with Crippen LogP contribution in [0.3, 0.4) is 0 Å². The summed E-state index contributed by atoms with van der Waals surface area (Å²) in [5, 5.41) is 2.87. The Morgan fingerprint density at radius 2 is 1.59 bits per heavy atom. The summed E-state index contributed by atoms with van der Waals surface area (Å²) in [5.41, 5.74) is 3.95. The predicted molar refractivity (Wildman–Crippen MR) is 129 cm³/mol.